The molecular formula is C23H29FN2O4S. The van der Waals surface area contributed by atoms with E-state index in [1.807, 2.05) is 31.2 Å². The zero-order valence-corrected chi connectivity index (χ0v) is 18.7. The molecule has 3 rings (SSSR count). The van der Waals surface area contributed by atoms with Gasteiger partial charge in [-0.15, -0.1) is 0 Å². The van der Waals surface area contributed by atoms with Gasteiger partial charge in [0.15, 0.2) is 0 Å². The Labute approximate surface area is 183 Å². The summed E-state index contributed by atoms with van der Waals surface area (Å²) < 4.78 is 45.1. The average molecular weight is 449 g/mol. The van der Waals surface area contributed by atoms with Crippen LogP contribution in [0.3, 0.4) is 0 Å². The summed E-state index contributed by atoms with van der Waals surface area (Å²) in [7, 11) is -1.90. The molecule has 8 heteroatoms. The lowest BCUT2D eigenvalue weighted by Gasteiger charge is -2.31. The standard InChI is InChI=1S/C23H29FN2O4S/c1-3-22(18-6-10-21(30-2)11-7-18)25-23(27)19-12-14-26(15-13-19)31(28,29)16-17-4-8-20(24)9-5-17/h4-11,19,22H,3,12-16H2,1-2H3,(H,25,27). The molecule has 1 aliphatic rings. The molecule has 2 aromatic rings. The fourth-order valence-corrected chi connectivity index (χ4v) is 5.39. The molecule has 1 amide bonds. The average Bonchev–Trinajstić information content (AvgIpc) is 2.79. The minimum Gasteiger partial charge on any atom is -0.497 e. The van der Waals surface area contributed by atoms with Crippen LogP contribution in [0.5, 0.6) is 5.75 Å². The van der Waals surface area contributed by atoms with Crippen molar-refractivity contribution in [3.8, 4) is 5.75 Å². The highest BCUT2D eigenvalue weighted by atomic mass is 32.2. The first-order valence-corrected chi connectivity index (χ1v) is 12.1. The van der Waals surface area contributed by atoms with E-state index in [0.29, 0.717) is 31.5 Å². The molecule has 1 aliphatic heterocycles. The minimum absolute atomic E-state index is 0.0433. The Morgan fingerprint density at radius 3 is 2.29 bits per heavy atom. The molecule has 168 valence electrons. The summed E-state index contributed by atoms with van der Waals surface area (Å²) >= 11 is 0. The fraction of sp³-hybridized carbons (Fsp3) is 0.435. The lowest BCUT2D eigenvalue weighted by molar-refractivity contribution is -0.126. The molecule has 6 nitrogen and oxygen atoms in total. The monoisotopic (exact) mass is 448 g/mol. The van der Waals surface area contributed by atoms with Crippen molar-refractivity contribution in [3.05, 3.63) is 65.5 Å². The second kappa shape index (κ2) is 10.2. The SMILES string of the molecule is CCC(NC(=O)C1CCN(S(=O)(=O)Cc2ccc(F)cc2)CC1)c1ccc(OC)cc1. The smallest absolute Gasteiger partial charge is 0.223 e. The van der Waals surface area contributed by atoms with Crippen LogP contribution in [0.1, 0.15) is 43.4 Å². The number of rotatable bonds is 8. The molecule has 31 heavy (non-hydrogen) atoms. The van der Waals surface area contributed by atoms with Gasteiger partial charge in [0.05, 0.1) is 18.9 Å². The van der Waals surface area contributed by atoms with E-state index in [1.54, 1.807) is 7.11 Å². The van der Waals surface area contributed by atoms with Crippen molar-refractivity contribution in [2.45, 2.75) is 38.0 Å². The van der Waals surface area contributed by atoms with Crippen LogP contribution in [0.2, 0.25) is 0 Å². The molecule has 0 spiro atoms. The molecule has 2 aromatic carbocycles. The molecule has 0 saturated carbocycles. The third kappa shape index (κ3) is 6.04. The Hall–Kier alpha value is -2.45. The summed E-state index contributed by atoms with van der Waals surface area (Å²) in [6.45, 7) is 2.63. The van der Waals surface area contributed by atoms with Gasteiger partial charge in [-0.2, -0.15) is 0 Å². The first-order valence-electron chi connectivity index (χ1n) is 10.5. The molecule has 1 N–H and O–H groups in total. The van der Waals surface area contributed by atoms with E-state index in [4.69, 9.17) is 4.74 Å². The Balaban J connectivity index is 1.55. The molecule has 1 saturated heterocycles. The first-order chi connectivity index (χ1) is 14.8. The van der Waals surface area contributed by atoms with Gasteiger partial charge in [-0.1, -0.05) is 31.2 Å². The second-order valence-electron chi connectivity index (χ2n) is 7.80. The molecule has 1 fully saturated rings. The number of ether oxygens (including phenoxy) is 1. The number of carbonyl (C=O) groups excluding carboxylic acids is 1. The summed E-state index contributed by atoms with van der Waals surface area (Å²) in [5, 5.41) is 3.11. The number of piperidine rings is 1. The number of amides is 1. The molecular weight excluding hydrogens is 419 g/mol. The lowest BCUT2D eigenvalue weighted by atomic mass is 9.95. The first kappa shape index (κ1) is 23.2. The van der Waals surface area contributed by atoms with Crippen LogP contribution in [0, 0.1) is 11.7 Å². The lowest BCUT2D eigenvalue weighted by Crippen LogP contribution is -2.44. The Morgan fingerprint density at radius 1 is 1.13 bits per heavy atom. The van der Waals surface area contributed by atoms with Crippen LogP contribution in [0.4, 0.5) is 4.39 Å². The summed E-state index contributed by atoms with van der Waals surface area (Å²) in [5.74, 6) is -0.0607. The van der Waals surface area contributed by atoms with Crippen LogP contribution in [0.15, 0.2) is 48.5 Å². The topological polar surface area (TPSA) is 75.7 Å². The molecule has 0 aliphatic carbocycles. The zero-order valence-electron chi connectivity index (χ0n) is 17.9. The maximum atomic E-state index is 13.0. The van der Waals surface area contributed by atoms with Crippen LogP contribution in [-0.4, -0.2) is 38.8 Å². The van der Waals surface area contributed by atoms with Gasteiger partial charge in [0.1, 0.15) is 11.6 Å². The van der Waals surface area contributed by atoms with Crippen LogP contribution in [0.25, 0.3) is 0 Å². The maximum Gasteiger partial charge on any atom is 0.223 e. The Bertz CT molecular complexity index is 970. The molecule has 0 bridgehead atoms. The molecule has 1 heterocycles. The van der Waals surface area contributed by atoms with E-state index < -0.39 is 15.8 Å². The van der Waals surface area contributed by atoms with Gasteiger partial charge in [0.25, 0.3) is 0 Å². The van der Waals surface area contributed by atoms with Crippen molar-refractivity contribution < 1.29 is 22.3 Å². The van der Waals surface area contributed by atoms with E-state index >= 15 is 0 Å². The Morgan fingerprint density at radius 2 is 1.74 bits per heavy atom. The highest BCUT2D eigenvalue weighted by Gasteiger charge is 2.31. The number of nitrogens with zero attached hydrogens (tertiary/aromatic N) is 1. The van der Waals surface area contributed by atoms with Crippen LogP contribution >= 0.6 is 0 Å². The fourth-order valence-electron chi connectivity index (χ4n) is 3.83. The van der Waals surface area contributed by atoms with Crippen molar-refractivity contribution in [2.24, 2.45) is 5.92 Å². The van der Waals surface area contributed by atoms with Gasteiger partial charge in [-0.25, -0.2) is 17.1 Å². The van der Waals surface area contributed by atoms with Gasteiger partial charge in [0.2, 0.25) is 15.9 Å². The summed E-state index contributed by atoms with van der Waals surface area (Å²) in [6, 6.07) is 13.0. The quantitative estimate of drug-likeness (QED) is 0.669. The van der Waals surface area contributed by atoms with E-state index in [2.05, 4.69) is 5.32 Å². The molecule has 1 unspecified atom stereocenters. The summed E-state index contributed by atoms with van der Waals surface area (Å²) in [5.41, 5.74) is 1.56. The summed E-state index contributed by atoms with van der Waals surface area (Å²) in [6.07, 6.45) is 1.71. The summed E-state index contributed by atoms with van der Waals surface area (Å²) in [4.78, 5) is 12.8. The van der Waals surface area contributed by atoms with Gasteiger partial charge in [-0.05, 0) is 54.7 Å². The maximum absolute atomic E-state index is 13.0. The van der Waals surface area contributed by atoms with Crippen molar-refractivity contribution in [1.29, 1.82) is 0 Å². The predicted molar refractivity (Wildman–Crippen MR) is 117 cm³/mol. The number of methoxy groups -OCH3 is 1. The van der Waals surface area contributed by atoms with Crippen molar-refractivity contribution in [2.75, 3.05) is 20.2 Å². The number of sulfonamides is 1. The predicted octanol–water partition coefficient (Wildman–Crippen LogP) is 3.64. The Kier molecular flexibility index (Phi) is 7.67. The van der Waals surface area contributed by atoms with Crippen molar-refractivity contribution in [3.63, 3.8) is 0 Å². The van der Waals surface area contributed by atoms with Crippen LogP contribution < -0.4 is 10.1 Å². The molecule has 0 radical (unpaired) electrons. The minimum atomic E-state index is -3.51. The number of carbonyl (C=O) groups is 1. The third-order valence-electron chi connectivity index (χ3n) is 5.72. The highest BCUT2D eigenvalue weighted by Crippen LogP contribution is 2.25. The number of hydrogen-bond donors (Lipinski definition) is 1. The van der Waals surface area contributed by atoms with E-state index in [1.165, 1.54) is 28.6 Å². The van der Waals surface area contributed by atoms with Crippen molar-refractivity contribution >= 4 is 15.9 Å². The number of halogens is 1. The van der Waals surface area contributed by atoms with E-state index in [-0.39, 0.29) is 23.6 Å². The van der Waals surface area contributed by atoms with Gasteiger partial charge < -0.3 is 10.1 Å². The second-order valence-corrected chi connectivity index (χ2v) is 9.77. The normalized spacial score (nSPS) is 16.6. The molecule has 1 atom stereocenters. The number of hydrogen-bond acceptors (Lipinski definition) is 4. The number of nitrogens with one attached hydrogen (secondary N) is 1. The van der Waals surface area contributed by atoms with Gasteiger partial charge in [-0.3, -0.25) is 4.79 Å². The number of benzene rings is 2. The zero-order chi connectivity index (χ0) is 22.4. The van der Waals surface area contributed by atoms with Crippen LogP contribution in [-0.2, 0) is 20.6 Å². The van der Waals surface area contributed by atoms with Crippen molar-refractivity contribution in [1.82, 2.24) is 9.62 Å². The van der Waals surface area contributed by atoms with E-state index in [9.17, 15) is 17.6 Å². The third-order valence-corrected chi connectivity index (χ3v) is 7.57. The van der Waals surface area contributed by atoms with E-state index in [0.717, 1.165) is 17.7 Å². The highest BCUT2D eigenvalue weighted by molar-refractivity contribution is 7.88. The molecule has 0 aromatic heterocycles. The van der Waals surface area contributed by atoms with Gasteiger partial charge in [0, 0.05) is 19.0 Å². The van der Waals surface area contributed by atoms with Gasteiger partial charge >= 0.3 is 0 Å². The largest absolute Gasteiger partial charge is 0.497 e.